The molecule has 6 heteroatoms. The molecule has 0 unspecified atom stereocenters. The van der Waals surface area contributed by atoms with Crippen LogP contribution in [0.4, 0.5) is 0 Å². The molecule has 2 aromatic heterocycles. The van der Waals surface area contributed by atoms with E-state index in [1.165, 1.54) is 29.5 Å². The predicted molar refractivity (Wildman–Crippen MR) is 116 cm³/mol. The number of terminal acetylenes is 1. The van der Waals surface area contributed by atoms with Crippen molar-refractivity contribution < 1.29 is 14.3 Å². The number of fused-ring (bicyclic) bond motifs is 3. The molecule has 4 rings (SSSR count). The van der Waals surface area contributed by atoms with Crippen LogP contribution < -0.4 is 4.74 Å². The minimum Gasteiger partial charge on any atom is -0.478 e. The first kappa shape index (κ1) is 19.1. The van der Waals surface area contributed by atoms with E-state index in [0.29, 0.717) is 10.6 Å². The number of esters is 1. The SMILES string of the molecule is C#CCOc1c(C(=O)OC2CCCCC2)sc2c1c(SC)nc1ccccc12. The number of carbonyl (C=O) groups excluding carboxylic acids is 1. The van der Waals surface area contributed by atoms with Crippen molar-refractivity contribution in [3.8, 4) is 18.1 Å². The fourth-order valence-corrected chi connectivity index (χ4v) is 5.47. The standard InChI is InChI=1S/C22H21NO3S2/c1-3-13-25-18-17-19(15-11-7-8-12-16(15)23-21(17)27-2)28-20(18)22(24)26-14-9-5-4-6-10-14/h1,7-8,11-12,14H,4-6,9-10,13H2,2H3. The summed E-state index contributed by atoms with van der Waals surface area (Å²) in [5.41, 5.74) is 0.899. The van der Waals surface area contributed by atoms with E-state index in [1.807, 2.05) is 30.5 Å². The Morgan fingerprint density at radius 3 is 2.86 bits per heavy atom. The molecular weight excluding hydrogens is 390 g/mol. The van der Waals surface area contributed by atoms with Gasteiger partial charge >= 0.3 is 5.97 Å². The monoisotopic (exact) mass is 411 g/mol. The molecule has 3 aromatic rings. The van der Waals surface area contributed by atoms with Gasteiger partial charge < -0.3 is 9.47 Å². The van der Waals surface area contributed by atoms with Gasteiger partial charge in [-0.15, -0.1) is 29.5 Å². The fraction of sp³-hybridized carbons (Fsp3) is 0.364. The molecule has 2 heterocycles. The number of benzene rings is 1. The summed E-state index contributed by atoms with van der Waals surface area (Å²) in [6, 6.07) is 7.94. The van der Waals surface area contributed by atoms with Gasteiger partial charge in [0.15, 0.2) is 10.6 Å². The number of nitrogens with zero attached hydrogens (tertiary/aromatic N) is 1. The zero-order valence-electron chi connectivity index (χ0n) is 15.7. The van der Waals surface area contributed by atoms with Crippen LogP contribution in [-0.4, -0.2) is 29.9 Å². The van der Waals surface area contributed by atoms with Gasteiger partial charge in [0.1, 0.15) is 17.7 Å². The van der Waals surface area contributed by atoms with Gasteiger partial charge in [0.25, 0.3) is 0 Å². The number of ether oxygens (including phenoxy) is 2. The maximum absolute atomic E-state index is 13.0. The molecule has 1 fully saturated rings. The van der Waals surface area contributed by atoms with Gasteiger partial charge in [-0.2, -0.15) is 0 Å². The molecule has 0 saturated heterocycles. The molecule has 1 aliphatic carbocycles. The molecule has 0 spiro atoms. The van der Waals surface area contributed by atoms with Gasteiger partial charge in [-0.1, -0.05) is 30.5 Å². The molecule has 0 aliphatic heterocycles. The Bertz CT molecular complexity index is 1060. The summed E-state index contributed by atoms with van der Waals surface area (Å²) in [5.74, 6) is 2.67. The fourth-order valence-electron chi connectivity index (χ4n) is 3.65. The van der Waals surface area contributed by atoms with Crippen molar-refractivity contribution in [3.05, 3.63) is 29.1 Å². The smallest absolute Gasteiger partial charge is 0.352 e. The molecule has 1 saturated carbocycles. The molecule has 0 bridgehead atoms. The summed E-state index contributed by atoms with van der Waals surface area (Å²) < 4.78 is 12.7. The number of thiophene rings is 1. The molecular formula is C22H21NO3S2. The first-order valence-electron chi connectivity index (χ1n) is 9.39. The zero-order valence-corrected chi connectivity index (χ0v) is 17.3. The van der Waals surface area contributed by atoms with E-state index >= 15 is 0 Å². The van der Waals surface area contributed by atoms with Crippen LogP contribution in [-0.2, 0) is 4.74 Å². The third kappa shape index (κ3) is 3.57. The van der Waals surface area contributed by atoms with Gasteiger partial charge in [0, 0.05) is 5.39 Å². The largest absolute Gasteiger partial charge is 0.478 e. The van der Waals surface area contributed by atoms with E-state index in [0.717, 1.165) is 51.7 Å². The molecule has 1 aromatic carbocycles. The van der Waals surface area contributed by atoms with Crippen LogP contribution in [0.3, 0.4) is 0 Å². The van der Waals surface area contributed by atoms with Crippen LogP contribution >= 0.6 is 23.1 Å². The number of aromatic nitrogens is 1. The summed E-state index contributed by atoms with van der Waals surface area (Å²) in [4.78, 5) is 18.3. The number of para-hydroxylation sites is 1. The normalized spacial score (nSPS) is 14.9. The summed E-state index contributed by atoms with van der Waals surface area (Å²) in [5, 5.41) is 2.68. The Balaban J connectivity index is 1.85. The maximum Gasteiger partial charge on any atom is 0.352 e. The van der Waals surface area contributed by atoms with E-state index in [2.05, 4.69) is 5.92 Å². The summed E-state index contributed by atoms with van der Waals surface area (Å²) in [6.07, 6.45) is 12.7. The lowest BCUT2D eigenvalue weighted by Gasteiger charge is -2.21. The average Bonchev–Trinajstić information content (AvgIpc) is 3.12. The molecule has 28 heavy (non-hydrogen) atoms. The summed E-state index contributed by atoms with van der Waals surface area (Å²) >= 11 is 2.94. The molecule has 144 valence electrons. The van der Waals surface area contributed by atoms with Crippen molar-refractivity contribution >= 4 is 50.1 Å². The summed E-state index contributed by atoms with van der Waals surface area (Å²) in [7, 11) is 0. The van der Waals surface area contributed by atoms with Gasteiger partial charge in [-0.3, -0.25) is 0 Å². The Morgan fingerprint density at radius 2 is 2.11 bits per heavy atom. The lowest BCUT2D eigenvalue weighted by Crippen LogP contribution is -2.20. The van der Waals surface area contributed by atoms with Crippen molar-refractivity contribution in [1.82, 2.24) is 4.98 Å². The zero-order chi connectivity index (χ0) is 19.5. The lowest BCUT2D eigenvalue weighted by molar-refractivity contribution is 0.0214. The minimum atomic E-state index is -0.323. The Morgan fingerprint density at radius 1 is 1.32 bits per heavy atom. The number of pyridine rings is 1. The number of carbonyl (C=O) groups is 1. The second-order valence-electron chi connectivity index (χ2n) is 6.76. The van der Waals surface area contributed by atoms with Gasteiger partial charge in [-0.05, 0) is 38.0 Å². The van der Waals surface area contributed by atoms with E-state index in [1.54, 1.807) is 0 Å². The third-order valence-corrected chi connectivity index (χ3v) is 6.82. The van der Waals surface area contributed by atoms with Crippen LogP contribution in [0, 0.1) is 12.3 Å². The first-order chi connectivity index (χ1) is 13.7. The lowest BCUT2D eigenvalue weighted by atomic mass is 9.98. The van der Waals surface area contributed by atoms with Gasteiger partial charge in [-0.25, -0.2) is 9.78 Å². The van der Waals surface area contributed by atoms with E-state index < -0.39 is 0 Å². The number of thioether (sulfide) groups is 1. The Kier molecular flexibility index (Phi) is 5.74. The second-order valence-corrected chi connectivity index (χ2v) is 8.58. The molecule has 1 aliphatic rings. The van der Waals surface area contributed by atoms with Crippen LogP contribution in [0.1, 0.15) is 41.8 Å². The van der Waals surface area contributed by atoms with Gasteiger partial charge in [0.2, 0.25) is 0 Å². The maximum atomic E-state index is 13.0. The Hall–Kier alpha value is -2.23. The molecule has 0 radical (unpaired) electrons. The highest BCUT2D eigenvalue weighted by Crippen LogP contribution is 2.45. The van der Waals surface area contributed by atoms with Crippen molar-refractivity contribution in [2.45, 2.75) is 43.2 Å². The van der Waals surface area contributed by atoms with Crippen LogP contribution in [0.15, 0.2) is 29.3 Å². The highest BCUT2D eigenvalue weighted by molar-refractivity contribution is 7.98. The van der Waals surface area contributed by atoms with Crippen molar-refractivity contribution in [1.29, 1.82) is 0 Å². The number of rotatable bonds is 5. The van der Waals surface area contributed by atoms with Crippen molar-refractivity contribution in [3.63, 3.8) is 0 Å². The molecule has 4 nitrogen and oxygen atoms in total. The van der Waals surface area contributed by atoms with Gasteiger partial charge in [0.05, 0.1) is 15.6 Å². The van der Waals surface area contributed by atoms with E-state index in [4.69, 9.17) is 20.9 Å². The highest BCUT2D eigenvalue weighted by atomic mass is 32.2. The van der Waals surface area contributed by atoms with Crippen LogP contribution in [0.25, 0.3) is 21.0 Å². The van der Waals surface area contributed by atoms with Crippen LogP contribution in [0.5, 0.6) is 5.75 Å². The van der Waals surface area contributed by atoms with Crippen molar-refractivity contribution in [2.75, 3.05) is 12.9 Å². The third-order valence-electron chi connectivity index (χ3n) is 4.95. The topological polar surface area (TPSA) is 48.4 Å². The average molecular weight is 412 g/mol. The molecule has 0 N–H and O–H groups in total. The van der Waals surface area contributed by atoms with E-state index in [-0.39, 0.29) is 18.7 Å². The number of hydrogen-bond donors (Lipinski definition) is 0. The quantitative estimate of drug-likeness (QED) is 0.307. The highest BCUT2D eigenvalue weighted by Gasteiger charge is 2.27. The predicted octanol–water partition coefficient (Wildman–Crippen LogP) is 5.67. The summed E-state index contributed by atoms with van der Waals surface area (Å²) in [6.45, 7) is 0.0934. The van der Waals surface area contributed by atoms with Crippen LogP contribution in [0.2, 0.25) is 0 Å². The minimum absolute atomic E-state index is 0.0122. The first-order valence-corrected chi connectivity index (χ1v) is 11.4. The Labute approximate surface area is 172 Å². The number of hydrogen-bond acceptors (Lipinski definition) is 6. The second kappa shape index (κ2) is 8.42. The molecule has 0 amide bonds. The molecule has 0 atom stereocenters. The van der Waals surface area contributed by atoms with E-state index in [9.17, 15) is 4.79 Å². The van der Waals surface area contributed by atoms with Crippen molar-refractivity contribution in [2.24, 2.45) is 0 Å².